The zero-order valence-electron chi connectivity index (χ0n) is 19.7. The number of nitro benzene ring substituents is 1. The number of anilines is 1. The largest absolute Gasteiger partial charge is 0.496 e. The quantitative estimate of drug-likeness (QED) is 0.170. The maximum absolute atomic E-state index is 12.7. The van der Waals surface area contributed by atoms with Crippen LogP contribution in [0.2, 0.25) is 5.02 Å². The molecule has 3 rings (SSSR count). The van der Waals surface area contributed by atoms with Gasteiger partial charge in [-0.25, -0.2) is 0 Å². The van der Waals surface area contributed by atoms with Crippen molar-refractivity contribution in [1.29, 1.82) is 5.26 Å². The van der Waals surface area contributed by atoms with Gasteiger partial charge in [0.25, 0.3) is 11.6 Å². The fourth-order valence-electron chi connectivity index (χ4n) is 3.29. The average Bonchev–Trinajstić information content (AvgIpc) is 2.87. The Morgan fingerprint density at radius 3 is 2.56 bits per heavy atom. The molecule has 0 heterocycles. The molecule has 3 aromatic rings. The van der Waals surface area contributed by atoms with E-state index in [2.05, 4.69) is 5.32 Å². The number of carbonyl (C=O) groups excluding carboxylic acids is 1. The first kappa shape index (κ1) is 26.1. The average molecular weight is 508 g/mol. The van der Waals surface area contributed by atoms with E-state index in [-0.39, 0.29) is 34.3 Å². The molecule has 36 heavy (non-hydrogen) atoms. The van der Waals surface area contributed by atoms with Crippen LogP contribution in [0.1, 0.15) is 16.7 Å². The maximum Gasteiger partial charge on any atom is 0.296 e. The number of nitrogens with zero attached hydrogens (tertiary/aromatic N) is 2. The summed E-state index contributed by atoms with van der Waals surface area (Å²) in [6.45, 7) is 2.24. The third kappa shape index (κ3) is 6.11. The molecule has 3 aromatic carbocycles. The van der Waals surface area contributed by atoms with Crippen LogP contribution in [0, 0.1) is 28.4 Å². The third-order valence-corrected chi connectivity index (χ3v) is 5.49. The second kappa shape index (κ2) is 11.7. The molecule has 0 radical (unpaired) electrons. The zero-order valence-corrected chi connectivity index (χ0v) is 20.5. The molecular weight excluding hydrogens is 486 g/mol. The minimum Gasteiger partial charge on any atom is -0.496 e. The van der Waals surface area contributed by atoms with E-state index >= 15 is 0 Å². The highest BCUT2D eigenvalue weighted by atomic mass is 35.5. The van der Waals surface area contributed by atoms with E-state index < -0.39 is 10.8 Å². The summed E-state index contributed by atoms with van der Waals surface area (Å²) in [5.74, 6) is 0.0464. The van der Waals surface area contributed by atoms with Gasteiger partial charge >= 0.3 is 0 Å². The monoisotopic (exact) mass is 507 g/mol. The summed E-state index contributed by atoms with van der Waals surface area (Å²) < 4.78 is 16.3. The summed E-state index contributed by atoms with van der Waals surface area (Å²) in [7, 11) is 2.81. The van der Waals surface area contributed by atoms with Crippen molar-refractivity contribution < 1.29 is 23.9 Å². The van der Waals surface area contributed by atoms with Gasteiger partial charge in [-0.3, -0.25) is 14.9 Å². The number of nitrogens with one attached hydrogen (secondary N) is 1. The lowest BCUT2D eigenvalue weighted by atomic mass is 10.1. The fraction of sp³-hybridized carbons (Fsp3) is 0.154. The fourth-order valence-corrected chi connectivity index (χ4v) is 3.56. The normalized spacial score (nSPS) is 10.8. The molecule has 0 aliphatic carbocycles. The molecular formula is C26H22ClN3O6. The number of nitriles is 1. The number of ether oxygens (including phenoxy) is 3. The van der Waals surface area contributed by atoms with Gasteiger partial charge in [-0.15, -0.1) is 0 Å². The minimum atomic E-state index is -0.833. The molecule has 1 N–H and O–H groups in total. The predicted molar refractivity (Wildman–Crippen MR) is 135 cm³/mol. The lowest BCUT2D eigenvalue weighted by molar-refractivity contribution is -0.384. The van der Waals surface area contributed by atoms with Crippen molar-refractivity contribution in [3.8, 4) is 23.3 Å². The van der Waals surface area contributed by atoms with Crippen molar-refractivity contribution in [2.45, 2.75) is 13.5 Å². The Morgan fingerprint density at radius 1 is 1.17 bits per heavy atom. The van der Waals surface area contributed by atoms with Gasteiger partial charge in [0.2, 0.25) is 0 Å². The Morgan fingerprint density at radius 2 is 1.92 bits per heavy atom. The standard InChI is InChI=1S/C26H22ClN3O6/c1-16-6-4-5-7-18(16)15-36-25-21(27)11-17(12-24(25)35-3)10-19(14-28)26(31)29-22-9-8-20(34-2)13-23(22)30(32)33/h4-13H,15H2,1-3H3,(H,29,31)/b19-10+. The van der Waals surface area contributed by atoms with Gasteiger partial charge in [0.05, 0.1) is 30.2 Å². The third-order valence-electron chi connectivity index (χ3n) is 5.21. The van der Waals surface area contributed by atoms with Crippen LogP contribution in [0.3, 0.4) is 0 Å². The molecule has 0 spiro atoms. The number of hydrogen-bond acceptors (Lipinski definition) is 7. The second-order valence-electron chi connectivity index (χ2n) is 7.51. The first-order valence-electron chi connectivity index (χ1n) is 10.6. The van der Waals surface area contributed by atoms with Gasteiger partial charge in [0.1, 0.15) is 29.7 Å². The van der Waals surface area contributed by atoms with Crippen LogP contribution in [-0.4, -0.2) is 25.1 Å². The number of aryl methyl sites for hydroxylation is 1. The Balaban J connectivity index is 1.86. The first-order chi connectivity index (χ1) is 17.3. The van der Waals surface area contributed by atoms with Crippen molar-refractivity contribution in [3.05, 3.63) is 92.0 Å². The van der Waals surface area contributed by atoms with E-state index in [4.69, 9.17) is 25.8 Å². The zero-order chi connectivity index (χ0) is 26.2. The van der Waals surface area contributed by atoms with Crippen molar-refractivity contribution in [2.75, 3.05) is 19.5 Å². The first-order valence-corrected chi connectivity index (χ1v) is 11.0. The molecule has 1 amide bonds. The van der Waals surface area contributed by atoms with E-state index in [0.29, 0.717) is 17.1 Å². The topological polar surface area (TPSA) is 124 Å². The molecule has 0 saturated heterocycles. The van der Waals surface area contributed by atoms with Crippen LogP contribution >= 0.6 is 11.6 Å². The maximum atomic E-state index is 12.7. The smallest absolute Gasteiger partial charge is 0.296 e. The van der Waals surface area contributed by atoms with Crippen molar-refractivity contribution in [2.24, 2.45) is 0 Å². The van der Waals surface area contributed by atoms with Crippen molar-refractivity contribution >= 4 is 35.0 Å². The molecule has 0 fully saturated rings. The van der Waals surface area contributed by atoms with Gasteiger partial charge in [-0.2, -0.15) is 5.26 Å². The van der Waals surface area contributed by atoms with Gasteiger partial charge in [0.15, 0.2) is 11.5 Å². The number of nitro groups is 1. The summed E-state index contributed by atoms with van der Waals surface area (Å²) in [4.78, 5) is 23.5. The van der Waals surface area contributed by atoms with E-state index in [1.807, 2.05) is 31.2 Å². The van der Waals surface area contributed by atoms with Gasteiger partial charge in [-0.1, -0.05) is 35.9 Å². The number of benzene rings is 3. The summed E-state index contributed by atoms with van der Waals surface area (Å²) >= 11 is 6.43. The summed E-state index contributed by atoms with van der Waals surface area (Å²) in [5, 5.41) is 23.6. The predicted octanol–water partition coefficient (Wildman–Crippen LogP) is 5.70. The second-order valence-corrected chi connectivity index (χ2v) is 7.92. The number of methoxy groups -OCH3 is 2. The van der Waals surface area contributed by atoms with Crippen LogP contribution in [0.25, 0.3) is 6.08 Å². The SMILES string of the molecule is COc1ccc(NC(=O)/C(C#N)=C/c2cc(Cl)c(OCc3ccccc3C)c(OC)c2)c([N+](=O)[O-])c1. The number of rotatable bonds is 9. The summed E-state index contributed by atoms with van der Waals surface area (Å²) in [6, 6.07) is 16.6. The Bertz CT molecular complexity index is 1380. The molecule has 184 valence electrons. The number of amides is 1. The van der Waals surface area contributed by atoms with Gasteiger partial charge in [0, 0.05) is 0 Å². The van der Waals surface area contributed by atoms with E-state index in [1.54, 1.807) is 12.1 Å². The molecule has 10 heteroatoms. The van der Waals surface area contributed by atoms with E-state index in [0.717, 1.165) is 11.1 Å². The lowest BCUT2D eigenvalue weighted by Crippen LogP contribution is -2.14. The summed E-state index contributed by atoms with van der Waals surface area (Å²) in [5.41, 5.74) is 1.69. The van der Waals surface area contributed by atoms with Gasteiger partial charge in [-0.05, 0) is 54.0 Å². The van der Waals surface area contributed by atoms with Crippen molar-refractivity contribution in [3.63, 3.8) is 0 Å². The van der Waals surface area contributed by atoms with Crippen LogP contribution in [0.4, 0.5) is 11.4 Å². The molecule has 0 aromatic heterocycles. The molecule has 0 aliphatic heterocycles. The van der Waals surface area contributed by atoms with Crippen LogP contribution in [0.5, 0.6) is 17.2 Å². The number of carbonyl (C=O) groups is 1. The Labute approximate surface area is 212 Å². The minimum absolute atomic E-state index is 0.0810. The lowest BCUT2D eigenvalue weighted by Gasteiger charge is -2.14. The van der Waals surface area contributed by atoms with Gasteiger partial charge < -0.3 is 19.5 Å². The molecule has 0 saturated carbocycles. The van der Waals surface area contributed by atoms with E-state index in [9.17, 15) is 20.2 Å². The molecule has 0 bridgehead atoms. The van der Waals surface area contributed by atoms with Crippen LogP contribution < -0.4 is 19.5 Å². The highest BCUT2D eigenvalue weighted by Crippen LogP contribution is 2.38. The van der Waals surface area contributed by atoms with E-state index in [1.165, 1.54) is 44.6 Å². The summed E-state index contributed by atoms with van der Waals surface area (Å²) in [6.07, 6.45) is 1.30. The van der Waals surface area contributed by atoms with Crippen LogP contribution in [0.15, 0.2) is 60.2 Å². The molecule has 0 unspecified atom stereocenters. The van der Waals surface area contributed by atoms with Crippen molar-refractivity contribution in [1.82, 2.24) is 0 Å². The number of halogens is 1. The molecule has 9 nitrogen and oxygen atoms in total. The number of hydrogen-bond donors (Lipinski definition) is 1. The van der Waals surface area contributed by atoms with Crippen LogP contribution in [-0.2, 0) is 11.4 Å². The molecule has 0 aliphatic rings. The highest BCUT2D eigenvalue weighted by Gasteiger charge is 2.20. The Hall–Kier alpha value is -4.55. The highest BCUT2D eigenvalue weighted by molar-refractivity contribution is 6.32. The Kier molecular flexibility index (Phi) is 8.49. The molecule has 0 atom stereocenters.